The first kappa shape index (κ1) is 13.3. The number of hydrogen-bond acceptors (Lipinski definition) is 2. The van der Waals surface area contributed by atoms with Gasteiger partial charge in [-0.05, 0) is 48.4 Å². The van der Waals surface area contributed by atoms with Crippen molar-refractivity contribution in [1.82, 2.24) is 0 Å². The second-order valence-electron chi connectivity index (χ2n) is 5.90. The van der Waals surface area contributed by atoms with Crippen LogP contribution in [0.4, 0.5) is 0 Å². The fourth-order valence-corrected chi connectivity index (χ4v) is 3.69. The van der Waals surface area contributed by atoms with Crippen molar-refractivity contribution in [1.29, 1.82) is 0 Å². The molecule has 1 aliphatic heterocycles. The Kier molecular flexibility index (Phi) is 3.99. The molecule has 1 aromatic carbocycles. The molecule has 3 rings (SSSR count). The van der Waals surface area contributed by atoms with Crippen LogP contribution in [0.2, 0.25) is 5.02 Å². The van der Waals surface area contributed by atoms with Crippen molar-refractivity contribution in [3.63, 3.8) is 0 Å². The molecule has 1 fully saturated rings. The lowest BCUT2D eigenvalue weighted by molar-refractivity contribution is 0.141. The standard InChI is InChI=1S/C16H21ClO2/c17-14-9-12-5-6-19-16(12)13(10-14)7-11-3-1-2-4-15(18)8-11/h9-11,15,18H,1-8H2. The zero-order chi connectivity index (χ0) is 13.2. The van der Waals surface area contributed by atoms with E-state index in [0.717, 1.165) is 49.5 Å². The van der Waals surface area contributed by atoms with E-state index in [1.807, 2.05) is 12.1 Å². The van der Waals surface area contributed by atoms with Crippen LogP contribution >= 0.6 is 11.6 Å². The number of hydrogen-bond donors (Lipinski definition) is 1. The van der Waals surface area contributed by atoms with Crippen LogP contribution < -0.4 is 4.74 Å². The maximum absolute atomic E-state index is 9.93. The lowest BCUT2D eigenvalue weighted by Crippen LogP contribution is -2.13. The highest BCUT2D eigenvalue weighted by Gasteiger charge is 2.23. The van der Waals surface area contributed by atoms with Gasteiger partial charge in [0.2, 0.25) is 0 Å². The predicted octanol–water partition coefficient (Wildman–Crippen LogP) is 3.76. The Morgan fingerprint density at radius 3 is 3.00 bits per heavy atom. The van der Waals surface area contributed by atoms with E-state index < -0.39 is 0 Å². The lowest BCUT2D eigenvalue weighted by Gasteiger charge is -2.18. The molecule has 2 nitrogen and oxygen atoms in total. The highest BCUT2D eigenvalue weighted by atomic mass is 35.5. The van der Waals surface area contributed by atoms with Gasteiger partial charge in [-0.15, -0.1) is 0 Å². The Balaban J connectivity index is 1.79. The Hall–Kier alpha value is -0.730. The average molecular weight is 281 g/mol. The van der Waals surface area contributed by atoms with Crippen LogP contribution in [-0.4, -0.2) is 17.8 Å². The molecule has 3 heteroatoms. The van der Waals surface area contributed by atoms with Crippen LogP contribution in [0.15, 0.2) is 12.1 Å². The van der Waals surface area contributed by atoms with Gasteiger partial charge in [0.1, 0.15) is 5.75 Å². The third kappa shape index (κ3) is 3.06. The van der Waals surface area contributed by atoms with Crippen molar-refractivity contribution in [3.8, 4) is 5.75 Å². The van der Waals surface area contributed by atoms with Crippen LogP contribution in [0.1, 0.15) is 43.2 Å². The summed E-state index contributed by atoms with van der Waals surface area (Å²) in [5.74, 6) is 1.62. The van der Waals surface area contributed by atoms with E-state index in [1.54, 1.807) is 0 Å². The van der Waals surface area contributed by atoms with Gasteiger partial charge in [0.25, 0.3) is 0 Å². The SMILES string of the molecule is OC1CCCCC(Cc2cc(Cl)cc3c2OCC3)C1. The van der Waals surface area contributed by atoms with E-state index in [9.17, 15) is 5.11 Å². The van der Waals surface area contributed by atoms with Crippen molar-refractivity contribution < 1.29 is 9.84 Å². The number of benzene rings is 1. The molecule has 1 heterocycles. The lowest BCUT2D eigenvalue weighted by atomic mass is 9.90. The smallest absolute Gasteiger partial charge is 0.125 e. The maximum Gasteiger partial charge on any atom is 0.125 e. The van der Waals surface area contributed by atoms with Crippen LogP contribution in [0.5, 0.6) is 5.75 Å². The molecule has 2 atom stereocenters. The van der Waals surface area contributed by atoms with Gasteiger partial charge < -0.3 is 9.84 Å². The number of halogens is 1. The zero-order valence-corrected chi connectivity index (χ0v) is 12.0. The van der Waals surface area contributed by atoms with Crippen molar-refractivity contribution in [2.45, 2.75) is 51.0 Å². The third-order valence-corrected chi connectivity index (χ3v) is 4.56. The summed E-state index contributed by atoms with van der Waals surface area (Å²) in [5.41, 5.74) is 2.48. The van der Waals surface area contributed by atoms with Crippen molar-refractivity contribution in [3.05, 3.63) is 28.3 Å². The van der Waals surface area contributed by atoms with Gasteiger partial charge >= 0.3 is 0 Å². The first-order valence-corrected chi connectivity index (χ1v) is 7.72. The van der Waals surface area contributed by atoms with Crippen LogP contribution in [-0.2, 0) is 12.8 Å². The molecule has 0 spiro atoms. The van der Waals surface area contributed by atoms with Gasteiger partial charge in [0.15, 0.2) is 0 Å². The molecular weight excluding hydrogens is 260 g/mol. The van der Waals surface area contributed by atoms with Gasteiger partial charge in [-0.1, -0.05) is 30.9 Å². The van der Waals surface area contributed by atoms with Crippen LogP contribution in [0.25, 0.3) is 0 Å². The van der Waals surface area contributed by atoms with E-state index in [2.05, 4.69) is 0 Å². The maximum atomic E-state index is 9.93. The van der Waals surface area contributed by atoms with E-state index in [1.165, 1.54) is 24.0 Å². The summed E-state index contributed by atoms with van der Waals surface area (Å²) in [4.78, 5) is 0. The highest BCUT2D eigenvalue weighted by Crippen LogP contribution is 2.36. The minimum Gasteiger partial charge on any atom is -0.493 e. The van der Waals surface area contributed by atoms with Crippen molar-refractivity contribution in [2.75, 3.05) is 6.61 Å². The molecule has 0 bridgehead atoms. The Morgan fingerprint density at radius 2 is 2.11 bits per heavy atom. The summed E-state index contributed by atoms with van der Waals surface area (Å²) in [6.45, 7) is 0.774. The first-order chi connectivity index (χ1) is 9.22. The Labute approximate surface area is 119 Å². The molecule has 0 saturated heterocycles. The Morgan fingerprint density at radius 1 is 1.26 bits per heavy atom. The summed E-state index contributed by atoms with van der Waals surface area (Å²) < 4.78 is 5.76. The summed E-state index contributed by atoms with van der Waals surface area (Å²) >= 11 is 6.20. The molecule has 0 aromatic heterocycles. The molecule has 1 aliphatic carbocycles. The third-order valence-electron chi connectivity index (χ3n) is 4.34. The summed E-state index contributed by atoms with van der Waals surface area (Å²) in [5, 5.41) is 10.7. The topological polar surface area (TPSA) is 29.5 Å². The number of rotatable bonds is 2. The molecule has 2 aliphatic rings. The summed E-state index contributed by atoms with van der Waals surface area (Å²) in [7, 11) is 0. The second-order valence-corrected chi connectivity index (χ2v) is 6.33. The highest BCUT2D eigenvalue weighted by molar-refractivity contribution is 6.30. The Bertz CT molecular complexity index is 458. The number of ether oxygens (including phenoxy) is 1. The quantitative estimate of drug-likeness (QED) is 0.836. The molecule has 0 radical (unpaired) electrons. The van der Waals surface area contributed by atoms with Crippen LogP contribution in [0, 0.1) is 5.92 Å². The molecule has 104 valence electrons. The van der Waals surface area contributed by atoms with Gasteiger partial charge in [0.05, 0.1) is 12.7 Å². The number of aliphatic hydroxyl groups is 1. The molecule has 1 N–H and O–H groups in total. The van der Waals surface area contributed by atoms with Gasteiger partial charge in [-0.3, -0.25) is 0 Å². The van der Waals surface area contributed by atoms with Gasteiger partial charge in [-0.2, -0.15) is 0 Å². The first-order valence-electron chi connectivity index (χ1n) is 7.34. The molecule has 2 unspecified atom stereocenters. The summed E-state index contributed by atoms with van der Waals surface area (Å²) in [6, 6.07) is 4.07. The number of aliphatic hydroxyl groups excluding tert-OH is 1. The fraction of sp³-hybridized carbons (Fsp3) is 0.625. The monoisotopic (exact) mass is 280 g/mol. The predicted molar refractivity (Wildman–Crippen MR) is 76.9 cm³/mol. The van der Waals surface area contributed by atoms with Crippen molar-refractivity contribution >= 4 is 11.6 Å². The molecule has 19 heavy (non-hydrogen) atoms. The normalized spacial score (nSPS) is 26.6. The van der Waals surface area contributed by atoms with E-state index in [-0.39, 0.29) is 6.10 Å². The number of fused-ring (bicyclic) bond motifs is 1. The minimum atomic E-state index is -0.124. The molecule has 1 saturated carbocycles. The zero-order valence-electron chi connectivity index (χ0n) is 11.2. The second kappa shape index (κ2) is 5.72. The summed E-state index contributed by atoms with van der Waals surface area (Å²) in [6.07, 6.45) is 7.30. The van der Waals surface area contributed by atoms with Crippen LogP contribution in [0.3, 0.4) is 0 Å². The van der Waals surface area contributed by atoms with Crippen molar-refractivity contribution in [2.24, 2.45) is 5.92 Å². The molecule has 0 amide bonds. The van der Waals surface area contributed by atoms with E-state index in [0.29, 0.717) is 5.92 Å². The van der Waals surface area contributed by atoms with Gasteiger partial charge in [-0.25, -0.2) is 0 Å². The van der Waals surface area contributed by atoms with E-state index in [4.69, 9.17) is 16.3 Å². The minimum absolute atomic E-state index is 0.124. The molecule has 1 aromatic rings. The van der Waals surface area contributed by atoms with E-state index >= 15 is 0 Å². The van der Waals surface area contributed by atoms with Gasteiger partial charge in [0, 0.05) is 11.4 Å². The largest absolute Gasteiger partial charge is 0.493 e. The molecular formula is C16H21ClO2. The average Bonchev–Trinajstić information content (AvgIpc) is 2.73. The fourth-order valence-electron chi connectivity index (χ4n) is 3.43.